The minimum absolute atomic E-state index is 0.267. The van der Waals surface area contributed by atoms with E-state index in [0.29, 0.717) is 17.8 Å². The highest BCUT2D eigenvalue weighted by molar-refractivity contribution is 6.01. The summed E-state index contributed by atoms with van der Waals surface area (Å²) in [6, 6.07) is 3.37. The van der Waals surface area contributed by atoms with Crippen molar-refractivity contribution in [3.05, 3.63) is 22.9 Å². The highest BCUT2D eigenvalue weighted by Crippen LogP contribution is 2.20. The van der Waals surface area contributed by atoms with Gasteiger partial charge in [-0.05, 0) is 31.9 Å². The van der Waals surface area contributed by atoms with Crippen LogP contribution in [-0.4, -0.2) is 22.8 Å². The van der Waals surface area contributed by atoms with Gasteiger partial charge >= 0.3 is 0 Å². The third kappa shape index (κ3) is 2.71. The van der Waals surface area contributed by atoms with Crippen LogP contribution in [-0.2, 0) is 9.59 Å². The molecule has 6 heteroatoms. The Morgan fingerprint density at radius 1 is 1.47 bits per heavy atom. The highest BCUT2D eigenvalue weighted by Gasteiger charge is 2.27. The largest absolute Gasteiger partial charge is 0.357 e. The van der Waals surface area contributed by atoms with Gasteiger partial charge in [0.2, 0.25) is 11.8 Å². The van der Waals surface area contributed by atoms with Gasteiger partial charge in [0.1, 0.15) is 17.9 Å². The number of pyridine rings is 1. The van der Waals surface area contributed by atoms with Crippen LogP contribution in [0.2, 0.25) is 0 Å². The van der Waals surface area contributed by atoms with Gasteiger partial charge in [0.05, 0.1) is 5.56 Å². The fourth-order valence-electron chi connectivity index (χ4n) is 2.08. The van der Waals surface area contributed by atoms with Crippen molar-refractivity contribution >= 4 is 17.6 Å². The minimum atomic E-state index is -0.529. The number of piperidine rings is 1. The first-order valence-corrected chi connectivity index (χ1v) is 6.00. The monoisotopic (exact) mass is 258 g/mol. The van der Waals surface area contributed by atoms with Crippen LogP contribution >= 0.6 is 0 Å². The lowest BCUT2D eigenvalue weighted by atomic mass is 10.0. The summed E-state index contributed by atoms with van der Waals surface area (Å²) >= 11 is 0. The van der Waals surface area contributed by atoms with E-state index in [1.807, 2.05) is 19.9 Å². The third-order valence-corrected chi connectivity index (χ3v) is 3.01. The molecule has 1 aromatic heterocycles. The quantitative estimate of drug-likeness (QED) is 0.765. The Hall–Kier alpha value is -2.42. The maximum atomic E-state index is 11.7. The molecule has 19 heavy (non-hydrogen) atoms. The molecular formula is C13H14N4O2. The van der Waals surface area contributed by atoms with Crippen LogP contribution in [0.15, 0.2) is 6.07 Å². The van der Waals surface area contributed by atoms with E-state index in [2.05, 4.69) is 21.7 Å². The number of nitrogens with one attached hydrogen (secondary N) is 2. The van der Waals surface area contributed by atoms with Crippen LogP contribution in [0, 0.1) is 25.2 Å². The Labute approximate surface area is 110 Å². The van der Waals surface area contributed by atoms with Gasteiger partial charge in [-0.25, -0.2) is 4.98 Å². The number of imide groups is 1. The molecule has 1 atom stereocenters. The van der Waals surface area contributed by atoms with E-state index in [1.165, 1.54) is 0 Å². The number of hydrogen-bond donors (Lipinski definition) is 2. The van der Waals surface area contributed by atoms with E-state index < -0.39 is 6.04 Å². The van der Waals surface area contributed by atoms with Gasteiger partial charge in [0.25, 0.3) is 0 Å². The number of carbonyl (C=O) groups is 2. The predicted molar refractivity (Wildman–Crippen MR) is 68.2 cm³/mol. The van der Waals surface area contributed by atoms with Gasteiger partial charge in [0.15, 0.2) is 0 Å². The Balaban J connectivity index is 2.26. The molecule has 2 heterocycles. The van der Waals surface area contributed by atoms with Gasteiger partial charge in [-0.2, -0.15) is 5.26 Å². The van der Waals surface area contributed by atoms with E-state index in [-0.39, 0.29) is 18.2 Å². The van der Waals surface area contributed by atoms with Gasteiger partial charge in [-0.1, -0.05) is 0 Å². The molecule has 1 aliphatic rings. The van der Waals surface area contributed by atoms with E-state index in [9.17, 15) is 9.59 Å². The van der Waals surface area contributed by atoms with Crippen LogP contribution in [0.3, 0.4) is 0 Å². The molecule has 0 radical (unpaired) electrons. The Morgan fingerprint density at radius 3 is 2.84 bits per heavy atom. The zero-order chi connectivity index (χ0) is 14.0. The number of nitrogens with zero attached hydrogens (tertiary/aromatic N) is 2. The average Bonchev–Trinajstić information content (AvgIpc) is 2.32. The van der Waals surface area contributed by atoms with E-state index in [4.69, 9.17) is 5.26 Å². The number of anilines is 1. The molecule has 2 amide bonds. The SMILES string of the molecule is Cc1cc(C)c(C#N)c(NC2CCC(=O)NC2=O)n1. The molecule has 1 aromatic rings. The van der Waals surface area contributed by atoms with Gasteiger partial charge in [-0.15, -0.1) is 0 Å². The normalized spacial score (nSPS) is 18.7. The molecule has 98 valence electrons. The Kier molecular flexibility index (Phi) is 3.47. The lowest BCUT2D eigenvalue weighted by Crippen LogP contribution is -2.47. The number of rotatable bonds is 2. The first-order chi connectivity index (χ1) is 9.01. The molecule has 1 saturated heterocycles. The first kappa shape index (κ1) is 13.0. The zero-order valence-corrected chi connectivity index (χ0v) is 10.8. The summed E-state index contributed by atoms with van der Waals surface area (Å²) in [6.45, 7) is 3.65. The summed E-state index contributed by atoms with van der Waals surface area (Å²) in [5.41, 5.74) is 2.01. The van der Waals surface area contributed by atoms with E-state index in [0.717, 1.165) is 11.3 Å². The molecule has 0 bridgehead atoms. The third-order valence-electron chi connectivity index (χ3n) is 3.01. The van der Waals surface area contributed by atoms with Gasteiger partial charge in [0, 0.05) is 12.1 Å². The second-order valence-corrected chi connectivity index (χ2v) is 4.56. The fraction of sp³-hybridized carbons (Fsp3) is 0.385. The van der Waals surface area contributed by atoms with Crippen molar-refractivity contribution in [2.45, 2.75) is 32.7 Å². The van der Waals surface area contributed by atoms with Crippen molar-refractivity contribution in [1.29, 1.82) is 5.26 Å². The molecule has 1 fully saturated rings. The van der Waals surface area contributed by atoms with Crippen LogP contribution in [0.4, 0.5) is 5.82 Å². The second-order valence-electron chi connectivity index (χ2n) is 4.56. The fourth-order valence-corrected chi connectivity index (χ4v) is 2.08. The summed E-state index contributed by atoms with van der Waals surface area (Å²) in [7, 11) is 0. The summed E-state index contributed by atoms with van der Waals surface area (Å²) in [6.07, 6.45) is 0.695. The van der Waals surface area contributed by atoms with E-state index >= 15 is 0 Å². The molecule has 6 nitrogen and oxygen atoms in total. The van der Waals surface area contributed by atoms with Crippen LogP contribution < -0.4 is 10.6 Å². The maximum Gasteiger partial charge on any atom is 0.249 e. The van der Waals surface area contributed by atoms with Gasteiger partial charge in [-0.3, -0.25) is 14.9 Å². The highest BCUT2D eigenvalue weighted by atomic mass is 16.2. The second kappa shape index (κ2) is 5.06. The molecule has 1 aliphatic heterocycles. The molecule has 2 N–H and O–H groups in total. The van der Waals surface area contributed by atoms with Gasteiger partial charge < -0.3 is 5.32 Å². The number of carbonyl (C=O) groups excluding carboxylic acids is 2. The standard InChI is InChI=1S/C13H14N4O2/c1-7-5-8(2)15-12(9(7)6-14)16-10-3-4-11(18)17-13(10)19/h5,10H,3-4H2,1-2H3,(H,15,16)(H,17,18,19). The van der Waals surface area contributed by atoms with Crippen molar-refractivity contribution in [3.63, 3.8) is 0 Å². The Morgan fingerprint density at radius 2 is 2.21 bits per heavy atom. The summed E-state index contributed by atoms with van der Waals surface area (Å²) < 4.78 is 0. The lowest BCUT2D eigenvalue weighted by molar-refractivity contribution is -0.133. The topological polar surface area (TPSA) is 94.9 Å². The van der Waals surface area contributed by atoms with E-state index in [1.54, 1.807) is 0 Å². The smallest absolute Gasteiger partial charge is 0.249 e. The van der Waals surface area contributed by atoms with Crippen molar-refractivity contribution in [3.8, 4) is 6.07 Å². The molecule has 0 saturated carbocycles. The summed E-state index contributed by atoms with van der Waals surface area (Å²) in [4.78, 5) is 27.0. The number of aromatic nitrogens is 1. The molecular weight excluding hydrogens is 244 g/mol. The van der Waals surface area contributed by atoms with Crippen molar-refractivity contribution < 1.29 is 9.59 Å². The van der Waals surface area contributed by atoms with Crippen LogP contribution in [0.25, 0.3) is 0 Å². The average molecular weight is 258 g/mol. The molecule has 2 rings (SSSR count). The molecule has 0 aliphatic carbocycles. The zero-order valence-electron chi connectivity index (χ0n) is 10.8. The lowest BCUT2D eigenvalue weighted by Gasteiger charge is -2.23. The first-order valence-electron chi connectivity index (χ1n) is 6.00. The van der Waals surface area contributed by atoms with Crippen LogP contribution in [0.1, 0.15) is 29.7 Å². The number of nitriles is 1. The maximum absolute atomic E-state index is 11.7. The minimum Gasteiger partial charge on any atom is -0.357 e. The molecule has 0 aromatic carbocycles. The summed E-state index contributed by atoms with van der Waals surface area (Å²) in [5, 5.41) is 14.4. The molecule has 1 unspecified atom stereocenters. The summed E-state index contributed by atoms with van der Waals surface area (Å²) in [5.74, 6) is -0.243. The van der Waals surface area contributed by atoms with Crippen molar-refractivity contribution in [2.75, 3.05) is 5.32 Å². The van der Waals surface area contributed by atoms with Crippen molar-refractivity contribution in [2.24, 2.45) is 0 Å². The van der Waals surface area contributed by atoms with Crippen LogP contribution in [0.5, 0.6) is 0 Å². The number of amides is 2. The Bertz CT molecular complexity index is 589. The molecule has 0 spiro atoms. The predicted octanol–water partition coefficient (Wildman–Crippen LogP) is 0.787. The number of aryl methyl sites for hydroxylation is 2. The number of hydrogen-bond acceptors (Lipinski definition) is 5. The van der Waals surface area contributed by atoms with Crippen molar-refractivity contribution in [1.82, 2.24) is 10.3 Å².